The molecule has 0 atom stereocenters. The predicted molar refractivity (Wildman–Crippen MR) is 71.9 cm³/mol. The molecule has 0 radical (unpaired) electrons. The van der Waals surface area contributed by atoms with Crippen molar-refractivity contribution in [1.29, 1.82) is 0 Å². The zero-order valence-electron chi connectivity index (χ0n) is 10.5. The first-order valence-electron chi connectivity index (χ1n) is 5.67. The highest BCUT2D eigenvalue weighted by Crippen LogP contribution is 2.14. The van der Waals surface area contributed by atoms with Gasteiger partial charge in [-0.15, -0.1) is 5.10 Å². The lowest BCUT2D eigenvalue weighted by Crippen LogP contribution is -2.09. The number of hydrogen-bond acceptors (Lipinski definition) is 5. The van der Waals surface area contributed by atoms with Crippen LogP contribution >= 0.6 is 0 Å². The molecule has 1 amide bonds. The Labute approximate surface area is 113 Å². The van der Waals surface area contributed by atoms with E-state index in [9.17, 15) is 14.9 Å². The molecule has 0 fully saturated rings. The average molecular weight is 273 g/mol. The van der Waals surface area contributed by atoms with Crippen LogP contribution in [0.15, 0.2) is 30.3 Å². The Hall–Kier alpha value is -3.03. The largest absolute Gasteiger partial charge is 0.290 e. The zero-order chi connectivity index (χ0) is 14.5. The van der Waals surface area contributed by atoms with Crippen LogP contribution in [0.4, 0.5) is 11.6 Å². The number of rotatable bonds is 4. The molecule has 102 valence electrons. The monoisotopic (exact) mass is 273 g/mol. The summed E-state index contributed by atoms with van der Waals surface area (Å²) in [4.78, 5) is 25.6. The fraction of sp³-hybridized carbons (Fsp3) is 0.0833. The van der Waals surface area contributed by atoms with Gasteiger partial charge in [-0.05, 0) is 18.6 Å². The molecule has 0 spiro atoms. The van der Waals surface area contributed by atoms with Gasteiger partial charge in [-0.25, -0.2) is 0 Å². The molecule has 20 heavy (non-hydrogen) atoms. The second kappa shape index (κ2) is 5.74. The molecule has 0 aliphatic rings. The van der Waals surface area contributed by atoms with Gasteiger partial charge in [0, 0.05) is 18.2 Å². The number of aromatic nitrogens is 3. The maximum atomic E-state index is 11.6. The van der Waals surface area contributed by atoms with E-state index in [0.717, 1.165) is 0 Å². The van der Waals surface area contributed by atoms with E-state index in [0.29, 0.717) is 11.4 Å². The number of non-ortho nitro benzene ring substituents is 1. The fourth-order valence-corrected chi connectivity index (χ4v) is 1.46. The Morgan fingerprint density at radius 3 is 2.95 bits per heavy atom. The van der Waals surface area contributed by atoms with Crippen LogP contribution < -0.4 is 5.32 Å². The lowest BCUT2D eigenvalue weighted by molar-refractivity contribution is -0.384. The molecule has 0 aliphatic heterocycles. The minimum Gasteiger partial charge on any atom is -0.290 e. The summed E-state index contributed by atoms with van der Waals surface area (Å²) in [7, 11) is 0. The molecule has 1 heterocycles. The summed E-state index contributed by atoms with van der Waals surface area (Å²) < 4.78 is 0. The predicted octanol–water partition coefficient (Wildman–Crippen LogP) is 1.67. The topological polar surface area (TPSA) is 114 Å². The van der Waals surface area contributed by atoms with Crippen molar-refractivity contribution >= 4 is 23.6 Å². The summed E-state index contributed by atoms with van der Waals surface area (Å²) in [5.41, 5.74) is 0.526. The molecule has 2 N–H and O–H groups in total. The van der Waals surface area contributed by atoms with E-state index in [-0.39, 0.29) is 11.6 Å². The van der Waals surface area contributed by atoms with Crippen LogP contribution in [0.2, 0.25) is 0 Å². The quantitative estimate of drug-likeness (QED) is 0.499. The van der Waals surface area contributed by atoms with Gasteiger partial charge in [-0.1, -0.05) is 12.1 Å². The number of carbonyl (C=O) groups is 1. The number of nitrogens with zero attached hydrogens (tertiary/aromatic N) is 3. The Bertz CT molecular complexity index is 677. The van der Waals surface area contributed by atoms with Gasteiger partial charge < -0.3 is 0 Å². The van der Waals surface area contributed by atoms with Crippen LogP contribution in [0.25, 0.3) is 6.08 Å². The normalized spacial score (nSPS) is 10.7. The molecular formula is C12H11N5O3. The maximum absolute atomic E-state index is 11.6. The summed E-state index contributed by atoms with van der Waals surface area (Å²) >= 11 is 0. The van der Waals surface area contributed by atoms with Crippen LogP contribution in [0, 0.1) is 17.0 Å². The number of carbonyl (C=O) groups excluding carboxylic acids is 1. The third-order valence-corrected chi connectivity index (χ3v) is 2.34. The van der Waals surface area contributed by atoms with Crippen molar-refractivity contribution in [2.75, 3.05) is 5.32 Å². The number of anilines is 1. The Kier molecular flexibility index (Phi) is 3.85. The van der Waals surface area contributed by atoms with Gasteiger partial charge in [0.1, 0.15) is 5.82 Å². The van der Waals surface area contributed by atoms with Gasteiger partial charge in [-0.2, -0.15) is 4.98 Å². The van der Waals surface area contributed by atoms with Crippen LogP contribution in [-0.2, 0) is 4.79 Å². The zero-order valence-corrected chi connectivity index (χ0v) is 10.5. The number of aromatic amines is 1. The number of nitro benzene ring substituents is 1. The third kappa shape index (κ3) is 3.48. The molecule has 2 rings (SSSR count). The minimum atomic E-state index is -0.492. The van der Waals surface area contributed by atoms with Gasteiger partial charge in [0.2, 0.25) is 5.95 Å². The highest BCUT2D eigenvalue weighted by molar-refractivity contribution is 6.00. The highest BCUT2D eigenvalue weighted by atomic mass is 16.6. The second-order valence-electron chi connectivity index (χ2n) is 3.92. The van der Waals surface area contributed by atoms with Crippen molar-refractivity contribution in [3.05, 3.63) is 51.8 Å². The molecule has 1 aromatic carbocycles. The smallest absolute Gasteiger partial charge is 0.270 e. The molecule has 8 heteroatoms. The molecule has 0 bridgehead atoms. The summed E-state index contributed by atoms with van der Waals surface area (Å²) in [6.45, 7) is 1.71. The number of nitro groups is 1. The molecule has 2 aromatic rings. The SMILES string of the molecule is Cc1nc(NC(=O)C=Cc2cccc([N+](=O)[O-])c2)n[nH]1. The van der Waals surface area contributed by atoms with Gasteiger partial charge in [-0.3, -0.25) is 25.3 Å². The van der Waals surface area contributed by atoms with Crippen molar-refractivity contribution in [2.24, 2.45) is 0 Å². The van der Waals surface area contributed by atoms with E-state index in [4.69, 9.17) is 0 Å². The van der Waals surface area contributed by atoms with Gasteiger partial charge in [0.25, 0.3) is 11.6 Å². The van der Waals surface area contributed by atoms with E-state index in [2.05, 4.69) is 20.5 Å². The van der Waals surface area contributed by atoms with Crippen LogP contribution in [0.5, 0.6) is 0 Å². The van der Waals surface area contributed by atoms with Gasteiger partial charge in [0.05, 0.1) is 4.92 Å². The summed E-state index contributed by atoms with van der Waals surface area (Å²) in [5.74, 6) is 0.342. The van der Waals surface area contributed by atoms with Crippen LogP contribution in [0.1, 0.15) is 11.4 Å². The number of aryl methyl sites for hydroxylation is 1. The first kappa shape index (κ1) is 13.4. The van der Waals surface area contributed by atoms with Crippen LogP contribution in [0.3, 0.4) is 0 Å². The standard InChI is InChI=1S/C12H11N5O3/c1-8-13-12(16-15-8)14-11(18)6-5-9-3-2-4-10(7-9)17(19)20/h2-7H,1H3,(H2,13,14,15,16,18). The highest BCUT2D eigenvalue weighted by Gasteiger charge is 2.05. The van der Waals surface area contributed by atoms with Crippen molar-refractivity contribution in [2.45, 2.75) is 6.92 Å². The molecule has 0 unspecified atom stereocenters. The molecular weight excluding hydrogens is 262 g/mol. The number of H-pyrrole nitrogens is 1. The summed E-state index contributed by atoms with van der Waals surface area (Å²) in [6, 6.07) is 5.97. The first-order chi connectivity index (χ1) is 9.54. The lowest BCUT2D eigenvalue weighted by Gasteiger charge is -1.95. The van der Waals surface area contributed by atoms with E-state index in [1.807, 2.05) is 0 Å². The lowest BCUT2D eigenvalue weighted by atomic mass is 10.2. The first-order valence-corrected chi connectivity index (χ1v) is 5.67. The Morgan fingerprint density at radius 2 is 2.30 bits per heavy atom. The molecule has 0 saturated carbocycles. The number of amides is 1. The summed E-state index contributed by atoms with van der Waals surface area (Å²) in [6.07, 6.45) is 2.73. The average Bonchev–Trinajstić information content (AvgIpc) is 2.82. The minimum absolute atomic E-state index is 0.0304. The van der Waals surface area contributed by atoms with Gasteiger partial charge in [0.15, 0.2) is 0 Å². The van der Waals surface area contributed by atoms with E-state index in [1.54, 1.807) is 19.1 Å². The molecule has 0 aliphatic carbocycles. The molecule has 1 aromatic heterocycles. The van der Waals surface area contributed by atoms with Crippen molar-refractivity contribution in [3.63, 3.8) is 0 Å². The maximum Gasteiger partial charge on any atom is 0.270 e. The summed E-state index contributed by atoms with van der Waals surface area (Å²) in [5, 5.41) is 19.4. The number of hydrogen-bond donors (Lipinski definition) is 2. The van der Waals surface area contributed by atoms with Crippen LogP contribution in [-0.4, -0.2) is 26.0 Å². The number of nitrogens with one attached hydrogen (secondary N) is 2. The van der Waals surface area contributed by atoms with Crippen molar-refractivity contribution < 1.29 is 9.72 Å². The molecule has 8 nitrogen and oxygen atoms in total. The van der Waals surface area contributed by atoms with Crippen molar-refractivity contribution in [1.82, 2.24) is 15.2 Å². The third-order valence-electron chi connectivity index (χ3n) is 2.34. The fourth-order valence-electron chi connectivity index (χ4n) is 1.46. The van der Waals surface area contributed by atoms with E-state index >= 15 is 0 Å². The Morgan fingerprint density at radius 1 is 1.50 bits per heavy atom. The van der Waals surface area contributed by atoms with E-state index in [1.165, 1.54) is 24.3 Å². The second-order valence-corrected chi connectivity index (χ2v) is 3.92. The van der Waals surface area contributed by atoms with E-state index < -0.39 is 10.8 Å². The van der Waals surface area contributed by atoms with Crippen molar-refractivity contribution in [3.8, 4) is 0 Å². The number of benzene rings is 1. The van der Waals surface area contributed by atoms with Gasteiger partial charge >= 0.3 is 0 Å². The Balaban J connectivity index is 2.03. The molecule has 0 saturated heterocycles.